The van der Waals surface area contributed by atoms with Crippen molar-refractivity contribution >= 4 is 28.5 Å². The van der Waals surface area contributed by atoms with Crippen molar-refractivity contribution in [3.8, 4) is 0 Å². The van der Waals surface area contributed by atoms with E-state index in [9.17, 15) is 9.59 Å². The third-order valence-corrected chi connectivity index (χ3v) is 6.57. The van der Waals surface area contributed by atoms with E-state index in [1.807, 2.05) is 36.4 Å². The van der Waals surface area contributed by atoms with Crippen molar-refractivity contribution in [2.45, 2.75) is 38.8 Å². The summed E-state index contributed by atoms with van der Waals surface area (Å²) < 4.78 is 7.14. The van der Waals surface area contributed by atoms with Crippen molar-refractivity contribution < 1.29 is 9.53 Å². The number of benzene rings is 2. The van der Waals surface area contributed by atoms with E-state index in [0.29, 0.717) is 42.5 Å². The highest BCUT2D eigenvalue weighted by Crippen LogP contribution is 2.19. The molecule has 3 aromatic rings. The SMILES string of the molecule is CC(C)(CNC(=O)CCc1nc2cc(Cl)ccc2n(Cc2ccccc2)c1=O)N1CCOCC1. The Hall–Kier alpha value is -2.74. The summed E-state index contributed by atoms with van der Waals surface area (Å²) in [5.74, 6) is -0.0941. The van der Waals surface area contributed by atoms with Crippen molar-refractivity contribution in [1.82, 2.24) is 19.8 Å². The molecule has 34 heavy (non-hydrogen) atoms. The van der Waals surface area contributed by atoms with E-state index in [1.165, 1.54) is 0 Å². The number of halogens is 1. The second-order valence-electron chi connectivity index (χ2n) is 9.26. The van der Waals surface area contributed by atoms with Gasteiger partial charge in [0.1, 0.15) is 5.69 Å². The Bertz CT molecular complexity index is 1200. The maximum Gasteiger partial charge on any atom is 0.273 e. The van der Waals surface area contributed by atoms with Gasteiger partial charge >= 0.3 is 0 Å². The summed E-state index contributed by atoms with van der Waals surface area (Å²) in [6, 6.07) is 15.1. The molecule has 8 heteroatoms. The van der Waals surface area contributed by atoms with Crippen LogP contribution in [0.3, 0.4) is 0 Å². The largest absolute Gasteiger partial charge is 0.379 e. The Balaban J connectivity index is 1.48. The number of aryl methyl sites for hydroxylation is 1. The molecule has 1 amide bonds. The summed E-state index contributed by atoms with van der Waals surface area (Å²) in [6.07, 6.45) is 0.457. The van der Waals surface area contributed by atoms with Crippen LogP contribution in [0, 0.1) is 0 Å². The molecule has 1 aromatic heterocycles. The first-order valence-electron chi connectivity index (χ1n) is 11.7. The molecule has 2 heterocycles. The number of hydrogen-bond donors (Lipinski definition) is 1. The number of morpholine rings is 1. The van der Waals surface area contributed by atoms with Gasteiger partial charge in [0, 0.05) is 43.0 Å². The van der Waals surface area contributed by atoms with Crippen LogP contribution in [0.25, 0.3) is 11.0 Å². The number of rotatable bonds is 8. The summed E-state index contributed by atoms with van der Waals surface area (Å²) in [5, 5.41) is 3.59. The van der Waals surface area contributed by atoms with Crippen molar-refractivity contribution in [2.24, 2.45) is 0 Å². The van der Waals surface area contributed by atoms with E-state index < -0.39 is 0 Å². The van der Waals surface area contributed by atoms with Gasteiger partial charge in [-0.2, -0.15) is 0 Å². The van der Waals surface area contributed by atoms with E-state index in [4.69, 9.17) is 16.3 Å². The molecule has 0 atom stereocenters. The molecule has 1 aliphatic rings. The third-order valence-electron chi connectivity index (χ3n) is 6.33. The molecule has 4 rings (SSSR count). The average Bonchev–Trinajstić information content (AvgIpc) is 2.84. The van der Waals surface area contributed by atoms with Crippen LogP contribution in [-0.4, -0.2) is 58.7 Å². The first kappa shape index (κ1) is 24.4. The normalized spacial score (nSPS) is 14.9. The summed E-state index contributed by atoms with van der Waals surface area (Å²) in [5.41, 5.74) is 2.40. The predicted octanol–water partition coefficient (Wildman–Crippen LogP) is 3.26. The molecule has 0 saturated carbocycles. The van der Waals surface area contributed by atoms with Crippen LogP contribution in [0.1, 0.15) is 31.5 Å². The maximum absolute atomic E-state index is 13.3. The predicted molar refractivity (Wildman–Crippen MR) is 134 cm³/mol. The lowest BCUT2D eigenvalue weighted by Crippen LogP contribution is -2.55. The molecule has 1 N–H and O–H groups in total. The Morgan fingerprint density at radius 3 is 2.62 bits per heavy atom. The monoisotopic (exact) mass is 482 g/mol. The fraction of sp³-hybridized carbons (Fsp3) is 0.423. The van der Waals surface area contributed by atoms with E-state index in [0.717, 1.165) is 24.2 Å². The second-order valence-corrected chi connectivity index (χ2v) is 9.69. The molecule has 0 spiro atoms. The summed E-state index contributed by atoms with van der Waals surface area (Å²) in [7, 11) is 0. The van der Waals surface area contributed by atoms with E-state index >= 15 is 0 Å². The van der Waals surface area contributed by atoms with Crippen molar-refractivity contribution in [2.75, 3.05) is 32.8 Å². The lowest BCUT2D eigenvalue weighted by Gasteiger charge is -2.40. The number of aromatic nitrogens is 2. The molecule has 0 bridgehead atoms. The maximum atomic E-state index is 13.3. The van der Waals surface area contributed by atoms with Crippen molar-refractivity contribution in [3.05, 3.63) is 75.2 Å². The zero-order chi connectivity index (χ0) is 24.1. The first-order chi connectivity index (χ1) is 16.3. The van der Waals surface area contributed by atoms with Gasteiger partial charge in [-0.05, 0) is 37.6 Å². The van der Waals surface area contributed by atoms with Gasteiger partial charge in [-0.1, -0.05) is 41.9 Å². The molecule has 0 radical (unpaired) electrons. The number of carbonyl (C=O) groups is 1. The highest BCUT2D eigenvalue weighted by Gasteiger charge is 2.28. The van der Waals surface area contributed by atoms with E-state index in [-0.39, 0.29) is 29.8 Å². The van der Waals surface area contributed by atoms with Crippen molar-refractivity contribution in [3.63, 3.8) is 0 Å². The van der Waals surface area contributed by atoms with Crippen LogP contribution >= 0.6 is 11.6 Å². The second kappa shape index (κ2) is 10.7. The Morgan fingerprint density at radius 2 is 1.88 bits per heavy atom. The fourth-order valence-electron chi connectivity index (χ4n) is 4.27. The van der Waals surface area contributed by atoms with Gasteiger partial charge in [-0.15, -0.1) is 0 Å². The standard InChI is InChI=1S/C26H31ClN4O3/c1-26(2,30-12-14-34-15-13-30)18-28-24(32)11-9-21-25(33)31(17-19-6-4-3-5-7-19)23-10-8-20(27)16-22(23)29-21/h3-8,10,16H,9,11-15,17-18H2,1-2H3,(H,28,32). The Kier molecular flexibility index (Phi) is 7.66. The lowest BCUT2D eigenvalue weighted by atomic mass is 10.0. The molecule has 7 nitrogen and oxygen atoms in total. The molecular formula is C26H31ClN4O3. The highest BCUT2D eigenvalue weighted by atomic mass is 35.5. The van der Waals surface area contributed by atoms with Gasteiger partial charge in [0.25, 0.3) is 5.56 Å². The van der Waals surface area contributed by atoms with Gasteiger partial charge in [-0.25, -0.2) is 4.98 Å². The number of carbonyl (C=O) groups excluding carboxylic acids is 1. The van der Waals surface area contributed by atoms with Gasteiger partial charge < -0.3 is 14.6 Å². The molecule has 1 saturated heterocycles. The number of amides is 1. The van der Waals surface area contributed by atoms with E-state index in [1.54, 1.807) is 16.7 Å². The van der Waals surface area contributed by atoms with Crippen LogP contribution in [0.15, 0.2) is 53.3 Å². The highest BCUT2D eigenvalue weighted by molar-refractivity contribution is 6.31. The van der Waals surface area contributed by atoms with Crippen LogP contribution in [0.4, 0.5) is 0 Å². The van der Waals surface area contributed by atoms with Crippen LogP contribution in [0.2, 0.25) is 5.02 Å². The van der Waals surface area contributed by atoms with Gasteiger partial charge in [0.2, 0.25) is 5.91 Å². The van der Waals surface area contributed by atoms with E-state index in [2.05, 4.69) is 29.0 Å². The lowest BCUT2D eigenvalue weighted by molar-refractivity contribution is -0.121. The van der Waals surface area contributed by atoms with Crippen molar-refractivity contribution in [1.29, 1.82) is 0 Å². The van der Waals surface area contributed by atoms with Crippen LogP contribution < -0.4 is 10.9 Å². The third kappa shape index (κ3) is 5.84. The topological polar surface area (TPSA) is 76.5 Å². The molecular weight excluding hydrogens is 452 g/mol. The summed E-state index contributed by atoms with van der Waals surface area (Å²) >= 11 is 6.20. The number of nitrogens with one attached hydrogen (secondary N) is 1. The first-order valence-corrected chi connectivity index (χ1v) is 12.0. The smallest absolute Gasteiger partial charge is 0.273 e. The summed E-state index contributed by atoms with van der Waals surface area (Å²) in [6.45, 7) is 8.33. The van der Waals surface area contributed by atoms with Gasteiger partial charge in [0.15, 0.2) is 0 Å². The molecule has 1 fully saturated rings. The minimum atomic E-state index is -0.180. The van der Waals surface area contributed by atoms with Crippen LogP contribution in [-0.2, 0) is 22.5 Å². The van der Waals surface area contributed by atoms with Gasteiger partial charge in [0.05, 0.1) is 30.8 Å². The Labute approximate surface area is 204 Å². The number of ether oxygens (including phenoxy) is 1. The Morgan fingerprint density at radius 1 is 1.15 bits per heavy atom. The zero-order valence-electron chi connectivity index (χ0n) is 19.7. The number of fused-ring (bicyclic) bond motifs is 1. The molecule has 2 aromatic carbocycles. The molecule has 1 aliphatic heterocycles. The number of hydrogen-bond acceptors (Lipinski definition) is 5. The average molecular weight is 483 g/mol. The number of nitrogens with zero attached hydrogens (tertiary/aromatic N) is 3. The molecule has 0 aliphatic carbocycles. The molecule has 0 unspecified atom stereocenters. The minimum Gasteiger partial charge on any atom is -0.379 e. The molecule has 180 valence electrons. The summed E-state index contributed by atoms with van der Waals surface area (Å²) in [4.78, 5) is 32.9. The van der Waals surface area contributed by atoms with Gasteiger partial charge in [-0.3, -0.25) is 14.5 Å². The quantitative estimate of drug-likeness (QED) is 0.533. The zero-order valence-corrected chi connectivity index (χ0v) is 20.5. The van der Waals surface area contributed by atoms with Crippen LogP contribution in [0.5, 0.6) is 0 Å². The fourth-order valence-corrected chi connectivity index (χ4v) is 4.44. The minimum absolute atomic E-state index is 0.0941.